The van der Waals surface area contributed by atoms with E-state index in [1.165, 1.54) is 7.05 Å². The van der Waals surface area contributed by atoms with Crippen molar-refractivity contribution in [2.45, 2.75) is 19.8 Å². The minimum Gasteiger partial charge on any atom is -0.391 e. The lowest BCUT2D eigenvalue weighted by Gasteiger charge is -2.25. The van der Waals surface area contributed by atoms with Gasteiger partial charge in [-0.3, -0.25) is 14.3 Å². The number of rotatable bonds is 5. The molecule has 0 fully saturated rings. The van der Waals surface area contributed by atoms with E-state index in [0.29, 0.717) is 12.4 Å². The molecule has 6 heteroatoms. The summed E-state index contributed by atoms with van der Waals surface area (Å²) >= 11 is 0. The molecule has 0 aliphatic rings. The molecule has 0 radical (unpaired) electrons. The zero-order chi connectivity index (χ0) is 15.4. The molecule has 0 unspecified atom stereocenters. The SMILES string of the molecule is CCCCN(c1ccccc1)c1[nH]c(=O)n(C)c(=O)c1N. The second kappa shape index (κ2) is 6.30. The van der Waals surface area contributed by atoms with Crippen LogP contribution in [0.4, 0.5) is 17.2 Å². The number of hydrogen-bond acceptors (Lipinski definition) is 4. The normalized spacial score (nSPS) is 10.6. The molecule has 2 rings (SSSR count). The van der Waals surface area contributed by atoms with Crippen LogP contribution in [0.2, 0.25) is 0 Å². The van der Waals surface area contributed by atoms with Crippen LogP contribution in [0.3, 0.4) is 0 Å². The number of nitrogens with zero attached hydrogens (tertiary/aromatic N) is 2. The third-order valence-electron chi connectivity index (χ3n) is 3.39. The number of nitrogens with one attached hydrogen (secondary N) is 1. The number of aromatic amines is 1. The first-order valence-corrected chi connectivity index (χ1v) is 6.97. The highest BCUT2D eigenvalue weighted by Gasteiger charge is 2.16. The molecule has 21 heavy (non-hydrogen) atoms. The molecule has 112 valence electrons. The van der Waals surface area contributed by atoms with Gasteiger partial charge in [0.2, 0.25) is 0 Å². The van der Waals surface area contributed by atoms with E-state index in [0.717, 1.165) is 23.1 Å². The van der Waals surface area contributed by atoms with Crippen LogP contribution in [-0.2, 0) is 7.05 Å². The largest absolute Gasteiger partial charge is 0.391 e. The van der Waals surface area contributed by atoms with Gasteiger partial charge in [0.1, 0.15) is 11.5 Å². The summed E-state index contributed by atoms with van der Waals surface area (Å²) in [6, 6.07) is 9.57. The monoisotopic (exact) mass is 288 g/mol. The average molecular weight is 288 g/mol. The van der Waals surface area contributed by atoms with Crippen LogP contribution < -0.4 is 21.9 Å². The van der Waals surface area contributed by atoms with Gasteiger partial charge in [-0.25, -0.2) is 4.79 Å². The molecule has 1 aromatic carbocycles. The number of aromatic nitrogens is 2. The van der Waals surface area contributed by atoms with Gasteiger partial charge in [0.05, 0.1) is 0 Å². The second-order valence-electron chi connectivity index (χ2n) is 4.90. The molecule has 0 saturated heterocycles. The van der Waals surface area contributed by atoms with Gasteiger partial charge >= 0.3 is 5.69 Å². The van der Waals surface area contributed by atoms with Gasteiger partial charge in [-0.1, -0.05) is 31.5 Å². The molecule has 0 aliphatic heterocycles. The number of H-pyrrole nitrogens is 1. The Kier molecular flexibility index (Phi) is 4.47. The zero-order valence-electron chi connectivity index (χ0n) is 12.3. The van der Waals surface area contributed by atoms with Gasteiger partial charge < -0.3 is 10.6 Å². The quantitative estimate of drug-likeness (QED) is 0.875. The summed E-state index contributed by atoms with van der Waals surface area (Å²) in [5, 5.41) is 0. The lowest BCUT2D eigenvalue weighted by Crippen LogP contribution is -2.37. The van der Waals surface area contributed by atoms with Crippen molar-refractivity contribution in [2.75, 3.05) is 17.2 Å². The Morgan fingerprint density at radius 2 is 1.90 bits per heavy atom. The maximum absolute atomic E-state index is 12.0. The first-order valence-electron chi connectivity index (χ1n) is 6.97. The lowest BCUT2D eigenvalue weighted by molar-refractivity contribution is 0.749. The number of unbranched alkanes of at least 4 members (excludes halogenated alkanes) is 1. The maximum Gasteiger partial charge on any atom is 0.329 e. The number of para-hydroxylation sites is 1. The molecule has 0 spiro atoms. The van der Waals surface area contributed by atoms with Gasteiger partial charge in [0, 0.05) is 19.3 Å². The second-order valence-corrected chi connectivity index (χ2v) is 4.90. The smallest absolute Gasteiger partial charge is 0.329 e. The summed E-state index contributed by atoms with van der Waals surface area (Å²) in [4.78, 5) is 28.4. The molecule has 0 saturated carbocycles. The van der Waals surface area contributed by atoms with E-state index in [2.05, 4.69) is 11.9 Å². The molecule has 1 heterocycles. The van der Waals surface area contributed by atoms with Crippen molar-refractivity contribution in [1.82, 2.24) is 9.55 Å². The topological polar surface area (TPSA) is 84.1 Å². The van der Waals surface area contributed by atoms with Crippen LogP contribution in [0.5, 0.6) is 0 Å². The minimum atomic E-state index is -0.480. The first kappa shape index (κ1) is 14.9. The number of nitrogens with two attached hydrogens (primary N) is 1. The van der Waals surface area contributed by atoms with Gasteiger partial charge in [-0.15, -0.1) is 0 Å². The molecule has 2 aromatic rings. The summed E-state index contributed by atoms with van der Waals surface area (Å²) in [5.41, 5.74) is 5.91. The van der Waals surface area contributed by atoms with Gasteiger partial charge in [-0.05, 0) is 18.6 Å². The standard InChI is InChI=1S/C15H20N4O2/c1-3-4-10-19(11-8-6-5-7-9-11)13-12(16)14(20)18(2)15(21)17-13/h5-9H,3-4,10,16H2,1-2H3,(H,17,21). The molecule has 1 aromatic heterocycles. The summed E-state index contributed by atoms with van der Waals surface area (Å²) in [6.07, 6.45) is 1.92. The van der Waals surface area contributed by atoms with Crippen LogP contribution in [0.1, 0.15) is 19.8 Å². The van der Waals surface area contributed by atoms with Crippen molar-refractivity contribution in [2.24, 2.45) is 7.05 Å². The lowest BCUT2D eigenvalue weighted by atomic mass is 10.2. The molecule has 0 amide bonds. The van der Waals surface area contributed by atoms with Crippen LogP contribution in [0.15, 0.2) is 39.9 Å². The Morgan fingerprint density at radius 1 is 1.24 bits per heavy atom. The first-order chi connectivity index (χ1) is 10.1. The summed E-state index contributed by atoms with van der Waals surface area (Å²) in [6.45, 7) is 2.76. The molecular formula is C15H20N4O2. The van der Waals surface area contributed by atoms with Crippen molar-refractivity contribution < 1.29 is 0 Å². The fourth-order valence-corrected chi connectivity index (χ4v) is 2.13. The summed E-state index contributed by atoms with van der Waals surface area (Å²) in [7, 11) is 1.40. The van der Waals surface area contributed by atoms with Crippen molar-refractivity contribution in [3.05, 3.63) is 51.2 Å². The van der Waals surface area contributed by atoms with Crippen LogP contribution in [-0.4, -0.2) is 16.1 Å². The van der Waals surface area contributed by atoms with E-state index in [9.17, 15) is 9.59 Å². The molecule has 0 bridgehead atoms. The van der Waals surface area contributed by atoms with Gasteiger partial charge in [0.15, 0.2) is 0 Å². The molecule has 0 atom stereocenters. The summed E-state index contributed by atoms with van der Waals surface area (Å²) in [5.74, 6) is 0.364. The van der Waals surface area contributed by atoms with Crippen molar-refractivity contribution in [3.63, 3.8) is 0 Å². The Labute approximate surface area is 122 Å². The molecular weight excluding hydrogens is 268 g/mol. The van der Waals surface area contributed by atoms with E-state index in [1.54, 1.807) is 0 Å². The van der Waals surface area contributed by atoms with Gasteiger partial charge in [-0.2, -0.15) is 0 Å². The third-order valence-corrected chi connectivity index (χ3v) is 3.39. The van der Waals surface area contributed by atoms with Crippen LogP contribution in [0.25, 0.3) is 0 Å². The van der Waals surface area contributed by atoms with E-state index >= 15 is 0 Å². The predicted octanol–water partition coefficient (Wildman–Crippen LogP) is 1.59. The Bertz CT molecular complexity index is 719. The third kappa shape index (κ3) is 2.99. The Morgan fingerprint density at radius 3 is 2.52 bits per heavy atom. The number of anilines is 3. The maximum atomic E-state index is 12.0. The van der Waals surface area contributed by atoms with E-state index in [4.69, 9.17) is 5.73 Å². The predicted molar refractivity (Wildman–Crippen MR) is 85.1 cm³/mol. The summed E-state index contributed by atoms with van der Waals surface area (Å²) < 4.78 is 0.974. The Balaban J connectivity index is 2.57. The molecule has 3 N–H and O–H groups in total. The zero-order valence-corrected chi connectivity index (χ0v) is 12.3. The highest BCUT2D eigenvalue weighted by Crippen LogP contribution is 2.25. The fraction of sp³-hybridized carbons (Fsp3) is 0.333. The highest BCUT2D eigenvalue weighted by atomic mass is 16.2. The van der Waals surface area contributed by atoms with Crippen molar-refractivity contribution in [1.29, 1.82) is 0 Å². The van der Waals surface area contributed by atoms with E-state index in [1.807, 2.05) is 35.2 Å². The number of benzene rings is 1. The number of hydrogen-bond donors (Lipinski definition) is 2. The van der Waals surface area contributed by atoms with E-state index < -0.39 is 11.2 Å². The van der Waals surface area contributed by atoms with Crippen molar-refractivity contribution in [3.8, 4) is 0 Å². The van der Waals surface area contributed by atoms with Gasteiger partial charge in [0.25, 0.3) is 5.56 Å². The van der Waals surface area contributed by atoms with Crippen LogP contribution in [0, 0.1) is 0 Å². The Hall–Kier alpha value is -2.50. The van der Waals surface area contributed by atoms with E-state index in [-0.39, 0.29) is 5.69 Å². The molecule has 6 nitrogen and oxygen atoms in total. The number of nitrogen functional groups attached to an aromatic ring is 1. The fourth-order valence-electron chi connectivity index (χ4n) is 2.13. The van der Waals surface area contributed by atoms with Crippen molar-refractivity contribution >= 4 is 17.2 Å². The minimum absolute atomic E-state index is 0.0528. The van der Waals surface area contributed by atoms with Crippen LogP contribution >= 0.6 is 0 Å². The molecule has 0 aliphatic carbocycles. The highest BCUT2D eigenvalue weighted by molar-refractivity contribution is 5.70. The average Bonchev–Trinajstić information content (AvgIpc) is 2.51.